The fourth-order valence-corrected chi connectivity index (χ4v) is 2.37. The van der Waals surface area contributed by atoms with Gasteiger partial charge in [-0.05, 0) is 12.0 Å². The van der Waals surface area contributed by atoms with E-state index >= 15 is 0 Å². The van der Waals surface area contributed by atoms with Crippen LogP contribution in [0.4, 0.5) is 0 Å². The minimum atomic E-state index is 0.410. The Kier molecular flexibility index (Phi) is 2.88. The molecule has 0 spiro atoms. The van der Waals surface area contributed by atoms with Gasteiger partial charge >= 0.3 is 0 Å². The maximum atomic E-state index is 5.12. The van der Waals surface area contributed by atoms with Crippen molar-refractivity contribution in [2.75, 3.05) is 6.54 Å². The molecule has 94 valence electrons. The molecule has 0 radical (unpaired) electrons. The third-order valence-corrected chi connectivity index (χ3v) is 3.29. The first-order chi connectivity index (χ1) is 8.75. The highest BCUT2D eigenvalue weighted by Crippen LogP contribution is 2.26. The fraction of sp³-hybridized carbons (Fsp3) is 0.429. The molecule has 0 aliphatic carbocycles. The van der Waals surface area contributed by atoms with E-state index in [2.05, 4.69) is 24.1 Å². The number of furan rings is 1. The molecule has 1 N–H and O–H groups in total. The van der Waals surface area contributed by atoms with Crippen LogP contribution in [0.2, 0.25) is 0 Å². The molecule has 0 amide bonds. The molecule has 3 rings (SSSR count). The van der Waals surface area contributed by atoms with Crippen LogP contribution in [0.3, 0.4) is 0 Å². The van der Waals surface area contributed by atoms with Crippen molar-refractivity contribution in [2.24, 2.45) is 0 Å². The Hall–Kier alpha value is -1.68. The van der Waals surface area contributed by atoms with E-state index in [1.54, 1.807) is 12.5 Å². The third kappa shape index (κ3) is 1.93. The second-order valence-electron chi connectivity index (χ2n) is 4.95. The van der Waals surface area contributed by atoms with Gasteiger partial charge in [-0.3, -0.25) is 0 Å². The molecular formula is C14H17N3O. The lowest BCUT2D eigenvalue weighted by molar-refractivity contribution is 0.567. The molecule has 0 aromatic carbocycles. The molecule has 0 atom stereocenters. The highest BCUT2D eigenvalue weighted by atomic mass is 16.3. The van der Waals surface area contributed by atoms with Gasteiger partial charge in [0.1, 0.15) is 6.26 Å². The zero-order valence-electron chi connectivity index (χ0n) is 10.7. The van der Waals surface area contributed by atoms with Crippen LogP contribution in [0.1, 0.15) is 36.7 Å². The van der Waals surface area contributed by atoms with E-state index in [0.717, 1.165) is 36.6 Å². The molecule has 3 heterocycles. The molecule has 0 saturated heterocycles. The van der Waals surface area contributed by atoms with Gasteiger partial charge in [0.05, 0.1) is 23.2 Å². The average Bonchev–Trinajstić information content (AvgIpc) is 2.91. The molecule has 4 heteroatoms. The first-order valence-corrected chi connectivity index (χ1v) is 6.38. The Balaban J connectivity index is 2.15. The van der Waals surface area contributed by atoms with Crippen molar-refractivity contribution in [1.29, 1.82) is 0 Å². The van der Waals surface area contributed by atoms with Gasteiger partial charge in [-0.25, -0.2) is 9.97 Å². The minimum Gasteiger partial charge on any atom is -0.472 e. The topological polar surface area (TPSA) is 51.0 Å². The van der Waals surface area contributed by atoms with Crippen LogP contribution < -0.4 is 5.32 Å². The summed E-state index contributed by atoms with van der Waals surface area (Å²) in [6.07, 6.45) is 4.34. The summed E-state index contributed by atoms with van der Waals surface area (Å²) < 4.78 is 5.12. The van der Waals surface area contributed by atoms with E-state index in [1.807, 2.05) is 6.07 Å². The summed E-state index contributed by atoms with van der Waals surface area (Å²) in [5.41, 5.74) is 4.58. The van der Waals surface area contributed by atoms with E-state index in [-0.39, 0.29) is 0 Å². The van der Waals surface area contributed by atoms with Gasteiger partial charge < -0.3 is 9.73 Å². The summed E-state index contributed by atoms with van der Waals surface area (Å²) in [6.45, 7) is 6.23. The van der Waals surface area contributed by atoms with E-state index < -0.39 is 0 Å². The first kappa shape index (κ1) is 11.4. The predicted molar refractivity (Wildman–Crippen MR) is 69.2 cm³/mol. The van der Waals surface area contributed by atoms with Gasteiger partial charge in [0, 0.05) is 25.1 Å². The molecule has 1 aliphatic heterocycles. The van der Waals surface area contributed by atoms with Gasteiger partial charge in [0.25, 0.3) is 0 Å². The van der Waals surface area contributed by atoms with Crippen molar-refractivity contribution in [1.82, 2.24) is 15.3 Å². The maximum absolute atomic E-state index is 5.12. The highest BCUT2D eigenvalue weighted by Gasteiger charge is 2.19. The number of hydrogen-bond acceptors (Lipinski definition) is 4. The number of fused-ring (bicyclic) bond motifs is 1. The molecular weight excluding hydrogens is 226 g/mol. The summed E-state index contributed by atoms with van der Waals surface area (Å²) in [7, 11) is 0. The van der Waals surface area contributed by atoms with Crippen LogP contribution in [-0.2, 0) is 13.0 Å². The Labute approximate surface area is 106 Å². The predicted octanol–water partition coefficient (Wildman–Crippen LogP) is 2.51. The highest BCUT2D eigenvalue weighted by molar-refractivity contribution is 5.54. The van der Waals surface area contributed by atoms with Crippen LogP contribution in [0, 0.1) is 0 Å². The standard InChI is InChI=1S/C14H17N3O/c1-9(2)13-11-7-15-5-3-12(11)16-14(17-13)10-4-6-18-8-10/h4,6,8-9,15H,3,5,7H2,1-2H3. The smallest absolute Gasteiger partial charge is 0.162 e. The van der Waals surface area contributed by atoms with E-state index in [4.69, 9.17) is 9.40 Å². The van der Waals surface area contributed by atoms with Gasteiger partial charge in [-0.1, -0.05) is 13.8 Å². The van der Waals surface area contributed by atoms with E-state index in [9.17, 15) is 0 Å². The molecule has 0 bridgehead atoms. The minimum absolute atomic E-state index is 0.410. The summed E-state index contributed by atoms with van der Waals surface area (Å²) >= 11 is 0. The molecule has 4 nitrogen and oxygen atoms in total. The number of rotatable bonds is 2. The molecule has 2 aromatic heterocycles. The van der Waals surface area contributed by atoms with Crippen molar-refractivity contribution >= 4 is 0 Å². The van der Waals surface area contributed by atoms with E-state index in [0.29, 0.717) is 5.92 Å². The quantitative estimate of drug-likeness (QED) is 0.880. The number of hydrogen-bond donors (Lipinski definition) is 1. The van der Waals surface area contributed by atoms with Crippen LogP contribution in [0.15, 0.2) is 23.0 Å². The Bertz CT molecular complexity index is 546. The molecule has 0 unspecified atom stereocenters. The Morgan fingerprint density at radius 3 is 2.94 bits per heavy atom. The number of nitrogens with one attached hydrogen (secondary N) is 1. The van der Waals surface area contributed by atoms with Gasteiger partial charge in [-0.2, -0.15) is 0 Å². The molecule has 0 fully saturated rings. The van der Waals surface area contributed by atoms with Crippen molar-refractivity contribution in [2.45, 2.75) is 32.7 Å². The zero-order chi connectivity index (χ0) is 12.5. The largest absolute Gasteiger partial charge is 0.472 e. The summed E-state index contributed by atoms with van der Waals surface area (Å²) in [5.74, 6) is 1.19. The lowest BCUT2D eigenvalue weighted by atomic mass is 9.98. The summed E-state index contributed by atoms with van der Waals surface area (Å²) in [6, 6.07) is 1.91. The maximum Gasteiger partial charge on any atom is 0.162 e. The number of nitrogens with zero attached hydrogens (tertiary/aromatic N) is 2. The first-order valence-electron chi connectivity index (χ1n) is 6.38. The zero-order valence-corrected chi connectivity index (χ0v) is 10.7. The van der Waals surface area contributed by atoms with Crippen LogP contribution >= 0.6 is 0 Å². The Morgan fingerprint density at radius 2 is 2.22 bits per heavy atom. The van der Waals surface area contributed by atoms with Crippen LogP contribution in [0.5, 0.6) is 0 Å². The van der Waals surface area contributed by atoms with E-state index in [1.165, 1.54) is 11.3 Å². The number of aromatic nitrogens is 2. The average molecular weight is 243 g/mol. The summed E-state index contributed by atoms with van der Waals surface area (Å²) in [5, 5.41) is 3.39. The second-order valence-corrected chi connectivity index (χ2v) is 4.95. The van der Waals surface area contributed by atoms with Crippen LogP contribution in [0.25, 0.3) is 11.4 Å². The van der Waals surface area contributed by atoms with Crippen LogP contribution in [-0.4, -0.2) is 16.5 Å². The normalized spacial score (nSPS) is 14.8. The van der Waals surface area contributed by atoms with Crippen molar-refractivity contribution in [3.8, 4) is 11.4 Å². The molecule has 18 heavy (non-hydrogen) atoms. The van der Waals surface area contributed by atoms with Gasteiger partial charge in [-0.15, -0.1) is 0 Å². The van der Waals surface area contributed by atoms with Gasteiger partial charge in [0.2, 0.25) is 0 Å². The van der Waals surface area contributed by atoms with Crippen molar-refractivity contribution in [3.63, 3.8) is 0 Å². The Morgan fingerprint density at radius 1 is 1.33 bits per heavy atom. The lowest BCUT2D eigenvalue weighted by Crippen LogP contribution is -2.27. The molecule has 0 saturated carbocycles. The fourth-order valence-electron chi connectivity index (χ4n) is 2.37. The summed E-state index contributed by atoms with van der Waals surface area (Å²) in [4.78, 5) is 9.40. The van der Waals surface area contributed by atoms with Gasteiger partial charge in [0.15, 0.2) is 5.82 Å². The SMILES string of the molecule is CC(C)c1nc(-c2ccoc2)nc2c1CNCC2. The second kappa shape index (κ2) is 4.53. The molecule has 2 aromatic rings. The monoisotopic (exact) mass is 243 g/mol. The van der Waals surface area contributed by atoms with Crippen molar-refractivity contribution < 1.29 is 4.42 Å². The molecule has 1 aliphatic rings. The van der Waals surface area contributed by atoms with Crippen molar-refractivity contribution in [3.05, 3.63) is 35.5 Å². The lowest BCUT2D eigenvalue weighted by Gasteiger charge is -2.21. The third-order valence-electron chi connectivity index (χ3n) is 3.29.